The van der Waals surface area contributed by atoms with E-state index in [0.29, 0.717) is 0 Å². The van der Waals surface area contributed by atoms with Crippen molar-refractivity contribution in [3.05, 3.63) is 54.1 Å². The summed E-state index contributed by atoms with van der Waals surface area (Å²) in [5, 5.41) is 1.21. The van der Waals surface area contributed by atoms with Crippen LogP contribution < -0.4 is 14.4 Å². The number of benzene rings is 2. The summed E-state index contributed by atoms with van der Waals surface area (Å²) in [7, 11) is -4.67. The summed E-state index contributed by atoms with van der Waals surface area (Å²) in [5.41, 5.74) is 8.37. The van der Waals surface area contributed by atoms with Crippen molar-refractivity contribution in [2.24, 2.45) is 0 Å². The number of nitrogens with two attached hydrogens (primary N) is 1. The van der Waals surface area contributed by atoms with Crippen molar-refractivity contribution in [2.45, 2.75) is 19.1 Å². The zero-order chi connectivity index (χ0) is 16.8. The first-order valence-electron chi connectivity index (χ1n) is 6.61. The molecule has 0 bridgehead atoms. The van der Waals surface area contributed by atoms with Crippen LogP contribution in [0.4, 0.5) is 5.69 Å². The van der Waals surface area contributed by atoms with Gasteiger partial charge in [-0.3, -0.25) is 9.11 Å². The summed E-state index contributed by atoms with van der Waals surface area (Å²) in [5.74, 6) is 0. The van der Waals surface area contributed by atoms with Gasteiger partial charge in [-0.2, -0.15) is 8.42 Å². The van der Waals surface area contributed by atoms with Crippen LogP contribution in [0.2, 0.25) is 5.21 Å². The van der Waals surface area contributed by atoms with E-state index in [1.165, 1.54) is 19.5 Å². The van der Waals surface area contributed by atoms with E-state index in [2.05, 4.69) is 50.2 Å². The molecule has 0 aliphatic rings. The number of nitrogen functional groups attached to an aromatic ring is 1. The Morgan fingerprint density at radius 2 is 1.55 bits per heavy atom. The van der Waals surface area contributed by atoms with Gasteiger partial charge in [-0.25, -0.2) is 0 Å². The largest absolute Gasteiger partial charge is 0.394 e. The van der Waals surface area contributed by atoms with Crippen molar-refractivity contribution >= 4 is 39.4 Å². The van der Waals surface area contributed by atoms with E-state index in [1.807, 2.05) is 12.1 Å². The molecule has 1 unspecified atom stereocenters. The monoisotopic (exact) mass is 385 g/mol. The second-order valence-corrected chi connectivity index (χ2v) is 10.7. The summed E-state index contributed by atoms with van der Waals surface area (Å²) in [6, 6.07) is 17.3. The van der Waals surface area contributed by atoms with Crippen LogP contribution in [0.1, 0.15) is 12.5 Å². The van der Waals surface area contributed by atoms with Crippen LogP contribution in [-0.4, -0.2) is 32.2 Å². The molecule has 22 heavy (non-hydrogen) atoms. The topological polar surface area (TPSA) is 101 Å². The number of hydrogen-bond acceptors (Lipinski definition) is 3. The maximum Gasteiger partial charge on any atom is 0.394 e. The van der Waals surface area contributed by atoms with E-state index < -0.39 is 25.1 Å². The van der Waals surface area contributed by atoms with Gasteiger partial charge in [0.1, 0.15) is 0 Å². The van der Waals surface area contributed by atoms with Crippen molar-refractivity contribution in [1.82, 2.24) is 0 Å². The average Bonchev–Trinajstić information content (AvgIpc) is 2.42. The molecule has 0 spiro atoms. The van der Waals surface area contributed by atoms with Crippen LogP contribution in [0.3, 0.4) is 0 Å². The fourth-order valence-corrected chi connectivity index (χ4v) is 6.45. The number of aryl methyl sites for hydroxylation is 1. The minimum absolute atomic E-state index is 0.954. The van der Waals surface area contributed by atoms with Crippen LogP contribution in [0, 0.1) is 6.92 Å². The minimum Gasteiger partial charge on any atom is -0.264 e. The zero-order valence-electron chi connectivity index (χ0n) is 12.5. The third-order valence-corrected chi connectivity index (χ3v) is 8.22. The van der Waals surface area contributed by atoms with Crippen molar-refractivity contribution < 1.29 is 17.5 Å². The summed E-state index contributed by atoms with van der Waals surface area (Å²) in [4.78, 5) is 0. The van der Waals surface area contributed by atoms with Crippen LogP contribution in [0.15, 0.2) is 48.5 Å². The fraction of sp³-hybridized carbons (Fsp3) is 0.200. The SMILES string of the molecule is CC[As](c1ccc(C)cc1)c1ccccc1N.O=S(=O)(O)O. The molecule has 0 aliphatic heterocycles. The zero-order valence-corrected chi connectivity index (χ0v) is 15.2. The number of hydrogen-bond donors (Lipinski definition) is 3. The summed E-state index contributed by atoms with van der Waals surface area (Å²) >= 11 is -1.19. The van der Waals surface area contributed by atoms with Crippen molar-refractivity contribution in [3.8, 4) is 0 Å². The van der Waals surface area contributed by atoms with Gasteiger partial charge < -0.3 is 0 Å². The molecule has 7 heteroatoms. The molecule has 0 amide bonds. The molecule has 1 atom stereocenters. The van der Waals surface area contributed by atoms with Gasteiger partial charge in [-0.05, 0) is 0 Å². The molecule has 0 radical (unpaired) electrons. The molecule has 4 N–H and O–H groups in total. The molecule has 2 rings (SSSR count). The number of rotatable bonds is 3. The maximum atomic E-state index is 8.74. The molecular weight excluding hydrogens is 365 g/mol. The molecule has 0 heterocycles. The Labute approximate surface area is 136 Å². The quantitative estimate of drug-likeness (QED) is 0.423. The van der Waals surface area contributed by atoms with Crippen LogP contribution in [0.25, 0.3) is 0 Å². The average molecular weight is 385 g/mol. The molecule has 0 aliphatic carbocycles. The van der Waals surface area contributed by atoms with E-state index in [4.69, 9.17) is 23.3 Å². The Hall–Kier alpha value is -1.33. The van der Waals surface area contributed by atoms with Gasteiger partial charge in [0.25, 0.3) is 0 Å². The van der Waals surface area contributed by atoms with Gasteiger partial charge in [-0.15, -0.1) is 0 Å². The summed E-state index contributed by atoms with van der Waals surface area (Å²) in [6.45, 7) is 4.40. The Morgan fingerprint density at radius 3 is 2.00 bits per heavy atom. The van der Waals surface area contributed by atoms with E-state index in [-0.39, 0.29) is 0 Å². The summed E-state index contributed by atoms with van der Waals surface area (Å²) in [6.07, 6.45) is 0. The molecule has 2 aromatic carbocycles. The second kappa shape index (κ2) is 8.34. The maximum absolute atomic E-state index is 8.74. The molecule has 0 saturated heterocycles. The standard InChI is InChI=1S/C15H18AsN.H2O4S/c1-3-16(13-10-8-12(2)9-11-13)14-6-4-5-7-15(14)17;1-5(2,3)4/h4-11H,3,17H2,1-2H3;(H2,1,2,3,4). The first kappa shape index (κ1) is 18.7. The van der Waals surface area contributed by atoms with E-state index in [0.717, 1.165) is 5.69 Å². The fourth-order valence-electron chi connectivity index (χ4n) is 1.95. The van der Waals surface area contributed by atoms with Crippen LogP contribution in [0.5, 0.6) is 0 Å². The Kier molecular flexibility index (Phi) is 7.10. The second-order valence-electron chi connectivity index (χ2n) is 4.59. The third-order valence-electron chi connectivity index (χ3n) is 2.89. The van der Waals surface area contributed by atoms with E-state index in [1.54, 1.807) is 0 Å². The van der Waals surface area contributed by atoms with Crippen LogP contribution in [-0.2, 0) is 10.4 Å². The van der Waals surface area contributed by atoms with Gasteiger partial charge in [0.05, 0.1) is 0 Å². The first-order valence-corrected chi connectivity index (χ1v) is 11.2. The number of para-hydroxylation sites is 1. The van der Waals surface area contributed by atoms with Crippen LogP contribution >= 0.6 is 0 Å². The van der Waals surface area contributed by atoms with Gasteiger partial charge in [-0.1, -0.05) is 0 Å². The van der Waals surface area contributed by atoms with Crippen molar-refractivity contribution in [2.75, 3.05) is 5.73 Å². The predicted octanol–water partition coefficient (Wildman–Crippen LogP) is 1.55. The Bertz CT molecular complexity index is 694. The molecule has 0 saturated carbocycles. The van der Waals surface area contributed by atoms with Gasteiger partial charge in [0, 0.05) is 0 Å². The molecule has 0 fully saturated rings. The predicted molar refractivity (Wildman–Crippen MR) is 91.7 cm³/mol. The normalized spacial score (nSPS) is 12.2. The molecule has 5 nitrogen and oxygen atoms in total. The van der Waals surface area contributed by atoms with E-state index >= 15 is 0 Å². The van der Waals surface area contributed by atoms with Crippen molar-refractivity contribution in [1.29, 1.82) is 0 Å². The van der Waals surface area contributed by atoms with Crippen molar-refractivity contribution in [3.63, 3.8) is 0 Å². The first-order chi connectivity index (χ1) is 10.2. The number of anilines is 1. The molecule has 2 aromatic rings. The van der Waals surface area contributed by atoms with Gasteiger partial charge >= 0.3 is 118 Å². The van der Waals surface area contributed by atoms with E-state index in [9.17, 15) is 0 Å². The summed E-state index contributed by atoms with van der Waals surface area (Å²) < 4.78 is 34.5. The van der Waals surface area contributed by atoms with Gasteiger partial charge in [0.15, 0.2) is 0 Å². The Balaban J connectivity index is 0.000000422. The molecular formula is C15H20AsNO4S. The third kappa shape index (κ3) is 6.62. The minimum atomic E-state index is -4.67. The Morgan fingerprint density at radius 1 is 1.05 bits per heavy atom. The molecule has 0 aromatic heterocycles. The van der Waals surface area contributed by atoms with Gasteiger partial charge in [0.2, 0.25) is 0 Å². The smallest absolute Gasteiger partial charge is 0.264 e. The molecule has 120 valence electrons.